The number of anilines is 1. The van der Waals surface area contributed by atoms with Crippen molar-refractivity contribution in [3.05, 3.63) is 64.4 Å². The van der Waals surface area contributed by atoms with E-state index in [0.29, 0.717) is 29.3 Å². The highest BCUT2D eigenvalue weighted by Crippen LogP contribution is 2.53. The molecule has 3 aliphatic carbocycles. The van der Waals surface area contributed by atoms with Crippen molar-refractivity contribution in [2.24, 2.45) is 23.5 Å². The van der Waals surface area contributed by atoms with Crippen LogP contribution in [0.4, 0.5) is 10.5 Å². The van der Waals surface area contributed by atoms with Crippen molar-refractivity contribution in [2.75, 3.05) is 26.0 Å². The molecule has 4 atom stereocenters. The number of nitrogens with zero attached hydrogens (tertiary/aromatic N) is 1. The van der Waals surface area contributed by atoms with Crippen molar-refractivity contribution in [2.45, 2.75) is 38.3 Å². The number of phenols is 1. The molecular formula is C32H36N4O8. The Kier molecular flexibility index (Phi) is 7.77. The van der Waals surface area contributed by atoms with E-state index in [-0.39, 0.29) is 35.8 Å². The number of carbonyl (C=O) groups excluding carboxylic acids is 4. The zero-order valence-electron chi connectivity index (χ0n) is 24.8. The minimum absolute atomic E-state index is 0.00476. The van der Waals surface area contributed by atoms with Gasteiger partial charge in [-0.25, -0.2) is 4.79 Å². The number of nitrogens with two attached hydrogens (primary N) is 1. The Balaban J connectivity index is 1.57. The maximum Gasteiger partial charge on any atom is 0.319 e. The third-order valence-electron chi connectivity index (χ3n) is 8.73. The van der Waals surface area contributed by atoms with Crippen molar-refractivity contribution in [3.63, 3.8) is 0 Å². The number of aliphatic hydroxyl groups is 3. The van der Waals surface area contributed by atoms with Gasteiger partial charge in [0.05, 0.1) is 11.6 Å². The van der Waals surface area contributed by atoms with Gasteiger partial charge < -0.3 is 36.8 Å². The standard InChI is InChI=1S/C32H36N4O8/c1-14(2)13-34-31(43)35-17-7-5-15(6-8-17)18-9-10-21(37)23-19(18)11-16-12-20-25(36(3)4)27(39)24(30(33)42)29(41)32(20,44)28(40)22(16)26(23)38/h5-10,14,16,20,25,37-38,41,44H,11-13H2,1-4H3,(H2,33,42)(H2,34,35,43)/t16-,20-,25-,32-/m0/s1. The van der Waals surface area contributed by atoms with Gasteiger partial charge in [-0.15, -0.1) is 0 Å². The van der Waals surface area contributed by atoms with Crippen molar-refractivity contribution in [3.8, 4) is 16.9 Å². The number of fused-ring (bicyclic) bond motifs is 3. The summed E-state index contributed by atoms with van der Waals surface area (Å²) in [5.74, 6) is -6.68. The Morgan fingerprint density at radius 2 is 1.73 bits per heavy atom. The van der Waals surface area contributed by atoms with Gasteiger partial charge in [-0.3, -0.25) is 19.3 Å². The van der Waals surface area contributed by atoms with Crippen molar-refractivity contribution >= 4 is 35.0 Å². The molecule has 44 heavy (non-hydrogen) atoms. The van der Waals surface area contributed by atoms with Crippen LogP contribution in [0.3, 0.4) is 0 Å². The molecule has 0 unspecified atom stereocenters. The van der Waals surface area contributed by atoms with Crippen LogP contribution in [0.15, 0.2) is 53.3 Å². The molecule has 12 heteroatoms. The first-order valence-electron chi connectivity index (χ1n) is 14.3. The summed E-state index contributed by atoms with van der Waals surface area (Å²) >= 11 is 0. The van der Waals surface area contributed by atoms with E-state index < -0.39 is 58.0 Å². The number of phenolic OH excluding ortho intramolecular Hbond substituents is 1. The fourth-order valence-electron chi connectivity index (χ4n) is 6.72. The topological polar surface area (TPSA) is 203 Å². The third-order valence-corrected chi connectivity index (χ3v) is 8.73. The molecule has 0 bridgehead atoms. The quantitative estimate of drug-likeness (QED) is 0.242. The summed E-state index contributed by atoms with van der Waals surface area (Å²) in [5, 5.41) is 50.6. The van der Waals surface area contributed by atoms with E-state index in [9.17, 15) is 39.6 Å². The Morgan fingerprint density at radius 3 is 2.32 bits per heavy atom. The first-order valence-corrected chi connectivity index (χ1v) is 14.3. The Labute approximate surface area is 253 Å². The lowest BCUT2D eigenvalue weighted by Gasteiger charge is -2.50. The molecule has 2 aromatic carbocycles. The highest BCUT2D eigenvalue weighted by Gasteiger charge is 2.64. The molecule has 2 aromatic rings. The van der Waals surface area contributed by atoms with E-state index >= 15 is 0 Å². The molecule has 1 fully saturated rings. The number of nitrogens with one attached hydrogen (secondary N) is 2. The highest BCUT2D eigenvalue weighted by atomic mass is 16.3. The lowest BCUT2D eigenvalue weighted by atomic mass is 9.57. The minimum Gasteiger partial charge on any atom is -0.508 e. The molecule has 0 radical (unpaired) electrons. The fraction of sp³-hybridized carbons (Fsp3) is 0.375. The van der Waals surface area contributed by atoms with Gasteiger partial charge in [0.15, 0.2) is 11.4 Å². The van der Waals surface area contributed by atoms with Gasteiger partial charge in [0.1, 0.15) is 22.8 Å². The maximum absolute atomic E-state index is 14.0. The summed E-state index contributed by atoms with van der Waals surface area (Å²) in [6, 6.07) is 8.57. The third kappa shape index (κ3) is 4.80. The van der Waals surface area contributed by atoms with Gasteiger partial charge in [0.2, 0.25) is 5.78 Å². The van der Waals surface area contributed by atoms with Crippen LogP contribution in [0.2, 0.25) is 0 Å². The second kappa shape index (κ2) is 11.1. The first-order chi connectivity index (χ1) is 20.7. The Hall–Kier alpha value is -4.68. The summed E-state index contributed by atoms with van der Waals surface area (Å²) in [5.41, 5.74) is 4.11. The number of primary amides is 1. The predicted molar refractivity (Wildman–Crippen MR) is 162 cm³/mol. The second-order valence-corrected chi connectivity index (χ2v) is 12.3. The lowest BCUT2D eigenvalue weighted by molar-refractivity contribution is -0.153. The Morgan fingerprint density at radius 1 is 1.07 bits per heavy atom. The van der Waals surface area contributed by atoms with Crippen LogP contribution in [0.25, 0.3) is 16.9 Å². The molecule has 232 valence electrons. The van der Waals surface area contributed by atoms with E-state index in [1.54, 1.807) is 44.4 Å². The van der Waals surface area contributed by atoms with Gasteiger partial charge in [0.25, 0.3) is 5.91 Å². The van der Waals surface area contributed by atoms with Crippen LogP contribution in [0.1, 0.15) is 31.4 Å². The molecule has 5 rings (SSSR count). The molecule has 0 heterocycles. The van der Waals surface area contributed by atoms with E-state index in [2.05, 4.69) is 10.6 Å². The number of hydrogen-bond donors (Lipinski definition) is 7. The van der Waals surface area contributed by atoms with Crippen LogP contribution < -0.4 is 16.4 Å². The van der Waals surface area contributed by atoms with E-state index in [4.69, 9.17) is 5.73 Å². The summed E-state index contributed by atoms with van der Waals surface area (Å²) in [7, 11) is 3.10. The number of hydrogen-bond acceptors (Lipinski definition) is 9. The molecule has 0 spiro atoms. The highest BCUT2D eigenvalue weighted by molar-refractivity contribution is 6.24. The fourth-order valence-corrected chi connectivity index (χ4v) is 6.72. The molecular weight excluding hydrogens is 568 g/mol. The lowest BCUT2D eigenvalue weighted by Crippen LogP contribution is -2.65. The van der Waals surface area contributed by atoms with Gasteiger partial charge in [-0.1, -0.05) is 32.0 Å². The SMILES string of the molecule is CC(C)CNC(=O)Nc1ccc(-c2ccc(O)c3c2C[C@H]2C[C@H]4[C@H](N(C)C)C(=O)C(C(N)=O)=C(O)[C@@]4(O)C(=O)C2=C3O)cc1. The molecule has 0 aromatic heterocycles. The van der Waals surface area contributed by atoms with Crippen molar-refractivity contribution in [1.82, 2.24) is 10.2 Å². The number of urea groups is 1. The van der Waals surface area contributed by atoms with Gasteiger partial charge in [0, 0.05) is 23.7 Å². The molecule has 1 saturated carbocycles. The van der Waals surface area contributed by atoms with Gasteiger partial charge in [-0.05, 0) is 73.7 Å². The molecule has 3 aliphatic rings. The zero-order valence-corrected chi connectivity index (χ0v) is 24.8. The van der Waals surface area contributed by atoms with E-state index in [1.807, 2.05) is 13.8 Å². The smallest absolute Gasteiger partial charge is 0.319 e. The molecule has 12 nitrogen and oxygen atoms in total. The van der Waals surface area contributed by atoms with Crippen LogP contribution in [0.5, 0.6) is 5.75 Å². The monoisotopic (exact) mass is 604 g/mol. The minimum atomic E-state index is -2.69. The van der Waals surface area contributed by atoms with E-state index in [1.165, 1.54) is 11.0 Å². The average molecular weight is 605 g/mol. The number of aromatic hydroxyl groups is 1. The predicted octanol–water partition coefficient (Wildman–Crippen LogP) is 2.41. The van der Waals surface area contributed by atoms with Crippen LogP contribution in [0, 0.1) is 17.8 Å². The zero-order chi connectivity index (χ0) is 32.2. The molecule has 3 amide bonds. The van der Waals surface area contributed by atoms with Gasteiger partial charge in [-0.2, -0.15) is 0 Å². The number of aliphatic hydroxyl groups excluding tert-OH is 2. The average Bonchev–Trinajstić information content (AvgIpc) is 2.94. The van der Waals surface area contributed by atoms with Crippen molar-refractivity contribution < 1.29 is 39.6 Å². The summed E-state index contributed by atoms with van der Waals surface area (Å²) < 4.78 is 0. The van der Waals surface area contributed by atoms with E-state index in [0.717, 1.165) is 5.56 Å². The van der Waals surface area contributed by atoms with Crippen LogP contribution in [-0.2, 0) is 20.8 Å². The largest absolute Gasteiger partial charge is 0.508 e. The second-order valence-electron chi connectivity index (χ2n) is 12.3. The number of amides is 3. The normalized spacial score (nSPS) is 24.7. The number of ketones is 2. The number of Topliss-reactive ketones (excluding diaryl/α,β-unsaturated/α-hetero) is 2. The summed E-state index contributed by atoms with van der Waals surface area (Å²) in [6.07, 6.45) is 0.158. The summed E-state index contributed by atoms with van der Waals surface area (Å²) in [4.78, 5) is 53.1. The van der Waals surface area contributed by atoms with Crippen molar-refractivity contribution in [1.29, 1.82) is 0 Å². The number of rotatable bonds is 6. The number of carbonyl (C=O) groups is 4. The Bertz CT molecular complexity index is 1640. The first kappa shape index (κ1) is 30.8. The number of benzene rings is 2. The van der Waals surface area contributed by atoms with Gasteiger partial charge >= 0.3 is 6.03 Å². The maximum atomic E-state index is 14.0. The van der Waals surface area contributed by atoms with Crippen LogP contribution >= 0.6 is 0 Å². The van der Waals surface area contributed by atoms with Crippen LogP contribution in [-0.4, -0.2) is 81.1 Å². The molecule has 0 aliphatic heterocycles. The molecule has 0 saturated heterocycles. The molecule has 8 N–H and O–H groups in total. The summed E-state index contributed by atoms with van der Waals surface area (Å²) in [6.45, 7) is 4.50. The number of likely N-dealkylation sites (N-methyl/N-ethyl adjacent to an activating group) is 1.